The highest BCUT2D eigenvalue weighted by molar-refractivity contribution is 5.92. The second-order valence-corrected chi connectivity index (χ2v) is 5.10. The van der Waals surface area contributed by atoms with Crippen molar-refractivity contribution in [3.8, 4) is 0 Å². The van der Waals surface area contributed by atoms with Crippen LogP contribution in [0.15, 0.2) is 24.4 Å². The third kappa shape index (κ3) is 5.68. The molecule has 1 rings (SSSR count). The molecular formula is C16H25FN2O. The van der Waals surface area contributed by atoms with E-state index < -0.39 is 12.2 Å². The van der Waals surface area contributed by atoms with Gasteiger partial charge in [-0.05, 0) is 25.0 Å². The Labute approximate surface area is 121 Å². The van der Waals surface area contributed by atoms with Gasteiger partial charge in [0, 0.05) is 6.20 Å². The topological polar surface area (TPSA) is 42.0 Å². The summed E-state index contributed by atoms with van der Waals surface area (Å²) >= 11 is 0. The number of amides is 1. The van der Waals surface area contributed by atoms with Gasteiger partial charge in [0.05, 0.1) is 6.04 Å². The van der Waals surface area contributed by atoms with Crippen LogP contribution in [0.2, 0.25) is 0 Å². The van der Waals surface area contributed by atoms with Gasteiger partial charge in [0.15, 0.2) is 0 Å². The third-order valence-electron chi connectivity index (χ3n) is 3.35. The van der Waals surface area contributed by atoms with Crippen molar-refractivity contribution in [2.45, 2.75) is 64.6 Å². The molecule has 0 aliphatic carbocycles. The van der Waals surface area contributed by atoms with Gasteiger partial charge in [0.2, 0.25) is 0 Å². The van der Waals surface area contributed by atoms with Crippen LogP contribution in [0.5, 0.6) is 0 Å². The molecule has 20 heavy (non-hydrogen) atoms. The Hall–Kier alpha value is -1.45. The summed E-state index contributed by atoms with van der Waals surface area (Å²) in [6, 6.07) is 4.75. The van der Waals surface area contributed by atoms with Gasteiger partial charge in [-0.15, -0.1) is 0 Å². The largest absolute Gasteiger partial charge is 0.345 e. The average molecular weight is 280 g/mol. The smallest absolute Gasteiger partial charge is 0.270 e. The maximum absolute atomic E-state index is 14.2. The molecular weight excluding hydrogens is 255 g/mol. The summed E-state index contributed by atoms with van der Waals surface area (Å²) in [4.78, 5) is 16.1. The van der Waals surface area contributed by atoms with Gasteiger partial charge in [-0.1, -0.05) is 45.6 Å². The van der Waals surface area contributed by atoms with E-state index in [9.17, 15) is 9.18 Å². The van der Waals surface area contributed by atoms with Gasteiger partial charge in [-0.3, -0.25) is 9.78 Å². The van der Waals surface area contributed by atoms with Gasteiger partial charge in [-0.25, -0.2) is 4.39 Å². The minimum Gasteiger partial charge on any atom is -0.345 e. The Bertz CT molecular complexity index is 383. The van der Waals surface area contributed by atoms with Gasteiger partial charge < -0.3 is 5.32 Å². The van der Waals surface area contributed by atoms with Crippen LogP contribution in [0.4, 0.5) is 4.39 Å². The number of pyridine rings is 1. The van der Waals surface area contributed by atoms with E-state index in [1.165, 1.54) is 0 Å². The highest BCUT2D eigenvalue weighted by Crippen LogP contribution is 2.15. The number of rotatable bonds is 9. The van der Waals surface area contributed by atoms with Crippen molar-refractivity contribution in [3.05, 3.63) is 30.1 Å². The molecule has 1 N–H and O–H groups in total. The highest BCUT2D eigenvalue weighted by atomic mass is 19.1. The molecule has 2 atom stereocenters. The van der Waals surface area contributed by atoms with E-state index in [4.69, 9.17) is 0 Å². The molecule has 0 spiro atoms. The van der Waals surface area contributed by atoms with E-state index in [0.717, 1.165) is 25.7 Å². The first-order valence-corrected chi connectivity index (χ1v) is 7.55. The van der Waals surface area contributed by atoms with Crippen molar-refractivity contribution in [2.24, 2.45) is 0 Å². The molecule has 112 valence electrons. The van der Waals surface area contributed by atoms with E-state index in [2.05, 4.69) is 17.2 Å². The minimum atomic E-state index is -0.978. The highest BCUT2D eigenvalue weighted by Gasteiger charge is 2.22. The lowest BCUT2D eigenvalue weighted by Gasteiger charge is -2.22. The Balaban J connectivity index is 2.61. The molecule has 0 fully saturated rings. The number of carbonyl (C=O) groups is 1. The second-order valence-electron chi connectivity index (χ2n) is 5.10. The summed E-state index contributed by atoms with van der Waals surface area (Å²) < 4.78 is 14.2. The fourth-order valence-corrected chi connectivity index (χ4v) is 2.11. The monoisotopic (exact) mass is 280 g/mol. The van der Waals surface area contributed by atoms with E-state index in [1.807, 2.05) is 6.92 Å². The zero-order chi connectivity index (χ0) is 14.8. The standard InChI is InChI=1S/C16H25FN2O/c1-3-5-9-13(17)14(10-6-4-2)19-16(20)15-11-7-8-12-18-15/h7-8,11-14H,3-6,9-10H2,1-2H3,(H,19,20)/t13-,14-/m1/s1. The molecule has 0 bridgehead atoms. The second kappa shape index (κ2) is 9.45. The Morgan fingerprint density at radius 2 is 1.95 bits per heavy atom. The Morgan fingerprint density at radius 1 is 1.25 bits per heavy atom. The first-order valence-electron chi connectivity index (χ1n) is 7.55. The predicted octanol–water partition coefficient (Wildman–Crippen LogP) is 3.90. The minimum absolute atomic E-state index is 0.286. The zero-order valence-corrected chi connectivity index (χ0v) is 12.4. The maximum Gasteiger partial charge on any atom is 0.270 e. The molecule has 1 aromatic heterocycles. The van der Waals surface area contributed by atoms with Gasteiger partial charge >= 0.3 is 0 Å². The fourth-order valence-electron chi connectivity index (χ4n) is 2.11. The lowest BCUT2D eigenvalue weighted by molar-refractivity contribution is 0.0894. The first kappa shape index (κ1) is 16.6. The zero-order valence-electron chi connectivity index (χ0n) is 12.4. The van der Waals surface area contributed by atoms with E-state index in [1.54, 1.807) is 24.4 Å². The van der Waals surface area contributed by atoms with Crippen molar-refractivity contribution in [3.63, 3.8) is 0 Å². The van der Waals surface area contributed by atoms with Crippen molar-refractivity contribution in [1.29, 1.82) is 0 Å². The van der Waals surface area contributed by atoms with Crippen LogP contribution in [0.3, 0.4) is 0 Å². The molecule has 0 radical (unpaired) electrons. The fraction of sp³-hybridized carbons (Fsp3) is 0.625. The van der Waals surface area contributed by atoms with Gasteiger partial charge in [-0.2, -0.15) is 0 Å². The van der Waals surface area contributed by atoms with Crippen LogP contribution in [0, 0.1) is 0 Å². The van der Waals surface area contributed by atoms with Crippen molar-refractivity contribution >= 4 is 5.91 Å². The summed E-state index contributed by atoms with van der Waals surface area (Å²) in [7, 11) is 0. The molecule has 0 unspecified atom stereocenters. The molecule has 0 aliphatic heterocycles. The van der Waals surface area contributed by atoms with Crippen LogP contribution >= 0.6 is 0 Å². The number of unbranched alkanes of at least 4 members (excludes halogenated alkanes) is 2. The normalized spacial score (nSPS) is 13.8. The summed E-state index contributed by atoms with van der Waals surface area (Å²) in [5.41, 5.74) is 0.344. The SMILES string of the molecule is CCCC[C@@H](F)[C@@H](CCCC)NC(=O)c1ccccn1. The molecule has 0 aromatic carbocycles. The summed E-state index contributed by atoms with van der Waals surface area (Å²) in [6.45, 7) is 4.11. The van der Waals surface area contributed by atoms with Crippen LogP contribution in [-0.2, 0) is 0 Å². The number of hydrogen-bond donors (Lipinski definition) is 1. The third-order valence-corrected chi connectivity index (χ3v) is 3.35. The number of nitrogens with one attached hydrogen (secondary N) is 1. The maximum atomic E-state index is 14.2. The molecule has 4 heteroatoms. The quantitative estimate of drug-likeness (QED) is 0.745. The van der Waals surface area contributed by atoms with Crippen LogP contribution in [0.25, 0.3) is 0 Å². The lowest BCUT2D eigenvalue weighted by atomic mass is 10.0. The number of halogens is 1. The Morgan fingerprint density at radius 3 is 2.55 bits per heavy atom. The van der Waals surface area contributed by atoms with Crippen LogP contribution in [0.1, 0.15) is 62.9 Å². The number of alkyl halides is 1. The number of nitrogens with zero attached hydrogens (tertiary/aromatic N) is 1. The van der Waals surface area contributed by atoms with Crippen molar-refractivity contribution in [2.75, 3.05) is 0 Å². The predicted molar refractivity (Wildman–Crippen MR) is 79.4 cm³/mol. The summed E-state index contributed by atoms with van der Waals surface area (Å²) in [6.07, 6.45) is 5.51. The van der Waals surface area contributed by atoms with Crippen LogP contribution < -0.4 is 5.32 Å². The van der Waals surface area contributed by atoms with E-state index in [-0.39, 0.29) is 5.91 Å². The summed E-state index contributed by atoms with van der Waals surface area (Å²) in [5.74, 6) is -0.286. The van der Waals surface area contributed by atoms with E-state index >= 15 is 0 Å². The molecule has 0 saturated heterocycles. The molecule has 3 nitrogen and oxygen atoms in total. The van der Waals surface area contributed by atoms with Crippen molar-refractivity contribution < 1.29 is 9.18 Å². The molecule has 1 amide bonds. The molecule has 0 saturated carbocycles. The first-order chi connectivity index (χ1) is 9.69. The average Bonchev–Trinajstić information content (AvgIpc) is 2.49. The van der Waals surface area contributed by atoms with Gasteiger partial charge in [0.1, 0.15) is 11.9 Å². The van der Waals surface area contributed by atoms with Crippen molar-refractivity contribution in [1.82, 2.24) is 10.3 Å². The van der Waals surface area contributed by atoms with Gasteiger partial charge in [0.25, 0.3) is 5.91 Å². The lowest BCUT2D eigenvalue weighted by Crippen LogP contribution is -2.41. The molecule has 0 aliphatic rings. The number of aromatic nitrogens is 1. The van der Waals surface area contributed by atoms with E-state index in [0.29, 0.717) is 18.5 Å². The molecule has 1 heterocycles. The number of hydrogen-bond acceptors (Lipinski definition) is 2. The molecule has 1 aromatic rings. The Kier molecular flexibility index (Phi) is 7.85. The number of carbonyl (C=O) groups excluding carboxylic acids is 1. The summed E-state index contributed by atoms with van der Waals surface area (Å²) in [5, 5.41) is 2.80. The van der Waals surface area contributed by atoms with Crippen LogP contribution in [-0.4, -0.2) is 23.1 Å².